The summed E-state index contributed by atoms with van der Waals surface area (Å²) >= 11 is 1.62. The van der Waals surface area contributed by atoms with E-state index in [1.807, 2.05) is 12.3 Å². The van der Waals surface area contributed by atoms with Crippen molar-refractivity contribution >= 4 is 24.2 Å². The van der Waals surface area contributed by atoms with E-state index in [1.165, 1.54) is 0 Å². The third-order valence-electron chi connectivity index (χ3n) is 0.764. The van der Waals surface area contributed by atoms with E-state index >= 15 is 0 Å². The largest absolute Gasteiger partial charge is 0.245 e. The molecular weight excluding hydrogens is 156 g/mol. The van der Waals surface area contributed by atoms with Crippen LogP contribution in [0.1, 0.15) is 0 Å². The molecule has 0 aromatic carbocycles. The standard InChI is InChI=1S/C5H6N2S.ClH/c1-8-5-2-3-6-4-7-5;/h2-4H,1H3;1H. The lowest BCUT2D eigenvalue weighted by Gasteiger charge is -1.87. The second kappa shape index (κ2) is 4.58. The van der Waals surface area contributed by atoms with Crippen LogP contribution in [-0.4, -0.2) is 16.2 Å². The minimum Gasteiger partial charge on any atom is -0.245 e. The van der Waals surface area contributed by atoms with Crippen molar-refractivity contribution in [2.24, 2.45) is 0 Å². The maximum Gasteiger partial charge on any atom is 0.116 e. The Labute approximate surface area is 64.5 Å². The molecule has 0 aliphatic heterocycles. The zero-order valence-electron chi connectivity index (χ0n) is 4.94. The fourth-order valence-corrected chi connectivity index (χ4v) is 0.749. The Hall–Kier alpha value is -0.280. The van der Waals surface area contributed by atoms with Gasteiger partial charge in [0.25, 0.3) is 0 Å². The topological polar surface area (TPSA) is 25.8 Å². The smallest absolute Gasteiger partial charge is 0.116 e. The predicted molar refractivity (Wildman–Crippen MR) is 41.1 cm³/mol. The van der Waals surface area contributed by atoms with Crippen molar-refractivity contribution in [2.75, 3.05) is 6.26 Å². The number of hydrogen-bond acceptors (Lipinski definition) is 3. The van der Waals surface area contributed by atoms with Gasteiger partial charge in [-0.2, -0.15) is 0 Å². The van der Waals surface area contributed by atoms with E-state index in [-0.39, 0.29) is 12.4 Å². The molecule has 0 saturated heterocycles. The van der Waals surface area contributed by atoms with Crippen molar-refractivity contribution in [1.82, 2.24) is 9.97 Å². The van der Waals surface area contributed by atoms with Crippen LogP contribution in [0, 0.1) is 0 Å². The van der Waals surface area contributed by atoms with Crippen LogP contribution in [0.5, 0.6) is 0 Å². The summed E-state index contributed by atoms with van der Waals surface area (Å²) in [7, 11) is 0. The average Bonchev–Trinajstić information content (AvgIpc) is 1.90. The number of aromatic nitrogens is 2. The minimum atomic E-state index is 0. The molecule has 1 heterocycles. The molecule has 1 aromatic heterocycles. The zero-order chi connectivity index (χ0) is 5.82. The average molecular weight is 163 g/mol. The van der Waals surface area contributed by atoms with Crippen molar-refractivity contribution in [1.29, 1.82) is 0 Å². The monoisotopic (exact) mass is 162 g/mol. The molecular formula is C5H7ClN2S. The van der Waals surface area contributed by atoms with Gasteiger partial charge in [-0.05, 0) is 12.3 Å². The SMILES string of the molecule is CSc1ccncn1.Cl. The molecule has 0 N–H and O–H groups in total. The van der Waals surface area contributed by atoms with Crippen molar-refractivity contribution in [3.8, 4) is 0 Å². The molecule has 0 radical (unpaired) electrons. The number of hydrogen-bond donors (Lipinski definition) is 0. The molecule has 0 bridgehead atoms. The lowest BCUT2D eigenvalue weighted by Crippen LogP contribution is -1.76. The Kier molecular flexibility index (Phi) is 4.44. The van der Waals surface area contributed by atoms with Crippen molar-refractivity contribution < 1.29 is 0 Å². The highest BCUT2D eigenvalue weighted by Gasteiger charge is 1.83. The summed E-state index contributed by atoms with van der Waals surface area (Å²) in [6.45, 7) is 0. The Morgan fingerprint density at radius 2 is 2.33 bits per heavy atom. The van der Waals surface area contributed by atoms with Gasteiger partial charge in [-0.25, -0.2) is 9.97 Å². The summed E-state index contributed by atoms with van der Waals surface area (Å²) in [5.41, 5.74) is 0. The van der Waals surface area contributed by atoms with Crippen LogP contribution in [0.4, 0.5) is 0 Å². The number of halogens is 1. The summed E-state index contributed by atoms with van der Waals surface area (Å²) < 4.78 is 0. The van der Waals surface area contributed by atoms with Gasteiger partial charge in [-0.3, -0.25) is 0 Å². The first kappa shape index (κ1) is 8.72. The summed E-state index contributed by atoms with van der Waals surface area (Å²) in [5.74, 6) is 0. The van der Waals surface area contributed by atoms with Gasteiger partial charge in [-0.15, -0.1) is 24.2 Å². The second-order valence-electron chi connectivity index (χ2n) is 1.25. The lowest BCUT2D eigenvalue weighted by molar-refractivity contribution is 1.05. The fraction of sp³-hybridized carbons (Fsp3) is 0.200. The number of nitrogens with zero attached hydrogens (tertiary/aromatic N) is 2. The lowest BCUT2D eigenvalue weighted by atomic mass is 10.7. The van der Waals surface area contributed by atoms with E-state index in [4.69, 9.17) is 0 Å². The first-order valence-corrected chi connectivity index (χ1v) is 3.46. The summed E-state index contributed by atoms with van der Waals surface area (Å²) in [4.78, 5) is 7.72. The molecule has 0 unspecified atom stereocenters. The first-order chi connectivity index (χ1) is 3.93. The van der Waals surface area contributed by atoms with Gasteiger partial charge in [0.2, 0.25) is 0 Å². The van der Waals surface area contributed by atoms with Crippen LogP contribution in [-0.2, 0) is 0 Å². The summed E-state index contributed by atoms with van der Waals surface area (Å²) in [6, 6.07) is 1.88. The molecule has 0 atom stereocenters. The Morgan fingerprint density at radius 1 is 1.56 bits per heavy atom. The molecule has 0 spiro atoms. The van der Waals surface area contributed by atoms with E-state index in [2.05, 4.69) is 9.97 Å². The van der Waals surface area contributed by atoms with Crippen LogP contribution >= 0.6 is 24.2 Å². The number of rotatable bonds is 1. The molecule has 1 rings (SSSR count). The fourth-order valence-electron chi connectivity index (χ4n) is 0.399. The van der Waals surface area contributed by atoms with Crippen molar-refractivity contribution in [3.63, 3.8) is 0 Å². The second-order valence-corrected chi connectivity index (χ2v) is 2.08. The van der Waals surface area contributed by atoms with E-state index in [9.17, 15) is 0 Å². The molecule has 0 aliphatic rings. The normalized spacial score (nSPS) is 8.11. The minimum absolute atomic E-state index is 0. The number of thioether (sulfide) groups is 1. The quantitative estimate of drug-likeness (QED) is 0.464. The third kappa shape index (κ3) is 2.67. The van der Waals surface area contributed by atoms with Gasteiger partial charge in [0.05, 0.1) is 5.03 Å². The summed E-state index contributed by atoms with van der Waals surface area (Å²) in [6.07, 6.45) is 5.27. The van der Waals surface area contributed by atoms with E-state index in [0.29, 0.717) is 0 Å². The molecule has 50 valence electrons. The Bertz CT molecular complexity index is 156. The Balaban J connectivity index is 0.000000640. The molecule has 2 nitrogen and oxygen atoms in total. The molecule has 0 fully saturated rings. The van der Waals surface area contributed by atoms with Crippen LogP contribution in [0.15, 0.2) is 23.6 Å². The Morgan fingerprint density at radius 3 is 2.67 bits per heavy atom. The van der Waals surface area contributed by atoms with E-state index in [0.717, 1.165) is 5.03 Å². The third-order valence-corrected chi connectivity index (χ3v) is 1.42. The van der Waals surface area contributed by atoms with Crippen LogP contribution < -0.4 is 0 Å². The van der Waals surface area contributed by atoms with Gasteiger partial charge >= 0.3 is 0 Å². The molecule has 0 saturated carbocycles. The highest BCUT2D eigenvalue weighted by Crippen LogP contribution is 2.06. The van der Waals surface area contributed by atoms with Gasteiger partial charge in [0, 0.05) is 6.20 Å². The zero-order valence-corrected chi connectivity index (χ0v) is 6.58. The van der Waals surface area contributed by atoms with Gasteiger partial charge < -0.3 is 0 Å². The summed E-state index contributed by atoms with van der Waals surface area (Å²) in [5, 5.41) is 1.01. The van der Waals surface area contributed by atoms with E-state index in [1.54, 1.807) is 24.3 Å². The molecule has 4 heteroatoms. The molecule has 9 heavy (non-hydrogen) atoms. The predicted octanol–water partition coefficient (Wildman–Crippen LogP) is 1.62. The van der Waals surface area contributed by atoms with Crippen molar-refractivity contribution in [3.05, 3.63) is 18.6 Å². The molecule has 1 aromatic rings. The van der Waals surface area contributed by atoms with Crippen molar-refractivity contribution in [2.45, 2.75) is 5.03 Å². The van der Waals surface area contributed by atoms with Gasteiger partial charge in [0.1, 0.15) is 6.33 Å². The highest BCUT2D eigenvalue weighted by atomic mass is 35.5. The van der Waals surface area contributed by atoms with Crippen LogP contribution in [0.3, 0.4) is 0 Å². The van der Waals surface area contributed by atoms with Gasteiger partial charge in [0.15, 0.2) is 0 Å². The molecule has 0 amide bonds. The first-order valence-electron chi connectivity index (χ1n) is 2.23. The maximum atomic E-state index is 3.95. The highest BCUT2D eigenvalue weighted by molar-refractivity contribution is 7.98. The van der Waals surface area contributed by atoms with E-state index < -0.39 is 0 Å². The maximum absolute atomic E-state index is 3.95. The van der Waals surface area contributed by atoms with Gasteiger partial charge in [-0.1, -0.05) is 0 Å². The van der Waals surface area contributed by atoms with Crippen LogP contribution in [0.25, 0.3) is 0 Å². The molecule has 0 aliphatic carbocycles. The van der Waals surface area contributed by atoms with Crippen LogP contribution in [0.2, 0.25) is 0 Å².